The summed E-state index contributed by atoms with van der Waals surface area (Å²) in [7, 11) is 0. The SMILES string of the molecule is Fc1cccc(CNc2cnc3[nH]ncc3c2)c1Br. The zero-order chi connectivity index (χ0) is 13.2. The van der Waals surface area contributed by atoms with Crippen LogP contribution >= 0.6 is 15.9 Å². The second-order valence-electron chi connectivity index (χ2n) is 4.10. The first-order valence-corrected chi connectivity index (χ1v) is 6.49. The third kappa shape index (κ3) is 2.44. The minimum Gasteiger partial charge on any atom is -0.380 e. The second kappa shape index (κ2) is 4.97. The lowest BCUT2D eigenvalue weighted by molar-refractivity contribution is 0.618. The number of hydrogen-bond acceptors (Lipinski definition) is 3. The molecule has 2 aromatic heterocycles. The number of rotatable bonds is 3. The topological polar surface area (TPSA) is 53.6 Å². The van der Waals surface area contributed by atoms with E-state index in [2.05, 4.69) is 36.4 Å². The lowest BCUT2D eigenvalue weighted by atomic mass is 10.2. The summed E-state index contributed by atoms with van der Waals surface area (Å²) in [6, 6.07) is 6.92. The molecule has 0 saturated carbocycles. The average Bonchev–Trinajstić information content (AvgIpc) is 2.88. The molecule has 0 unspecified atom stereocenters. The number of aromatic amines is 1. The van der Waals surface area contributed by atoms with E-state index >= 15 is 0 Å². The molecule has 0 atom stereocenters. The van der Waals surface area contributed by atoms with Crippen LogP contribution in [-0.2, 0) is 6.54 Å². The Bertz CT molecular complexity index is 725. The third-order valence-corrected chi connectivity index (χ3v) is 3.69. The maximum Gasteiger partial charge on any atom is 0.155 e. The van der Waals surface area contributed by atoms with Gasteiger partial charge in [-0.3, -0.25) is 5.10 Å². The summed E-state index contributed by atoms with van der Waals surface area (Å²) in [5, 5.41) is 10.8. The zero-order valence-electron chi connectivity index (χ0n) is 9.82. The number of fused-ring (bicyclic) bond motifs is 1. The van der Waals surface area contributed by atoms with E-state index in [1.54, 1.807) is 18.5 Å². The minimum absolute atomic E-state index is 0.261. The Balaban J connectivity index is 1.80. The molecule has 2 N–H and O–H groups in total. The van der Waals surface area contributed by atoms with Crippen molar-refractivity contribution in [1.29, 1.82) is 0 Å². The van der Waals surface area contributed by atoms with Crippen molar-refractivity contribution in [2.24, 2.45) is 0 Å². The van der Waals surface area contributed by atoms with E-state index in [0.29, 0.717) is 11.0 Å². The number of H-pyrrole nitrogens is 1. The number of hydrogen-bond donors (Lipinski definition) is 2. The Labute approximate surface area is 117 Å². The monoisotopic (exact) mass is 320 g/mol. The fourth-order valence-electron chi connectivity index (χ4n) is 1.82. The van der Waals surface area contributed by atoms with Gasteiger partial charge in [-0.05, 0) is 33.6 Å². The summed E-state index contributed by atoms with van der Waals surface area (Å²) in [6.45, 7) is 0.517. The molecule has 3 aromatic rings. The smallest absolute Gasteiger partial charge is 0.155 e. The summed E-state index contributed by atoms with van der Waals surface area (Å²) in [5.74, 6) is -0.261. The van der Waals surface area contributed by atoms with Gasteiger partial charge in [-0.25, -0.2) is 9.37 Å². The van der Waals surface area contributed by atoms with Crippen LogP contribution in [-0.4, -0.2) is 15.2 Å². The van der Waals surface area contributed by atoms with Crippen LogP contribution in [0.25, 0.3) is 11.0 Å². The fourth-order valence-corrected chi connectivity index (χ4v) is 2.22. The highest BCUT2D eigenvalue weighted by Crippen LogP contribution is 2.22. The molecule has 19 heavy (non-hydrogen) atoms. The molecule has 0 spiro atoms. The van der Waals surface area contributed by atoms with E-state index in [9.17, 15) is 4.39 Å². The van der Waals surface area contributed by atoms with Gasteiger partial charge in [0.15, 0.2) is 5.65 Å². The largest absolute Gasteiger partial charge is 0.380 e. The maximum absolute atomic E-state index is 13.4. The second-order valence-corrected chi connectivity index (χ2v) is 4.89. The van der Waals surface area contributed by atoms with E-state index in [1.807, 2.05) is 12.1 Å². The fraction of sp³-hybridized carbons (Fsp3) is 0.0769. The lowest BCUT2D eigenvalue weighted by Crippen LogP contribution is -2.01. The number of anilines is 1. The summed E-state index contributed by atoms with van der Waals surface area (Å²) >= 11 is 3.24. The Kier molecular flexibility index (Phi) is 3.16. The molecule has 0 aliphatic heterocycles. The number of pyridine rings is 1. The average molecular weight is 321 g/mol. The van der Waals surface area contributed by atoms with Crippen molar-refractivity contribution in [3.63, 3.8) is 0 Å². The van der Waals surface area contributed by atoms with Gasteiger partial charge >= 0.3 is 0 Å². The van der Waals surface area contributed by atoms with E-state index in [4.69, 9.17) is 0 Å². The molecule has 2 heterocycles. The number of nitrogens with zero attached hydrogens (tertiary/aromatic N) is 2. The molecule has 3 rings (SSSR count). The Morgan fingerprint density at radius 2 is 2.21 bits per heavy atom. The van der Waals surface area contributed by atoms with Gasteiger partial charge in [0.25, 0.3) is 0 Å². The van der Waals surface area contributed by atoms with Crippen LogP contribution in [0.1, 0.15) is 5.56 Å². The predicted octanol–water partition coefficient (Wildman–Crippen LogP) is 3.47. The van der Waals surface area contributed by atoms with Crippen molar-refractivity contribution in [1.82, 2.24) is 15.2 Å². The highest BCUT2D eigenvalue weighted by atomic mass is 79.9. The standard InChI is InChI=1S/C13H10BrFN4/c14-12-8(2-1-3-11(12)15)5-16-10-4-9-6-18-19-13(9)17-7-10/h1-4,6-7,16H,5H2,(H,17,18,19). The number of halogens is 2. The molecule has 4 nitrogen and oxygen atoms in total. The molecule has 0 amide bonds. The highest BCUT2D eigenvalue weighted by Gasteiger charge is 2.05. The molecule has 1 aromatic carbocycles. The van der Waals surface area contributed by atoms with Gasteiger partial charge in [-0.2, -0.15) is 5.10 Å². The van der Waals surface area contributed by atoms with Crippen LogP contribution in [0, 0.1) is 5.82 Å². The van der Waals surface area contributed by atoms with E-state index in [0.717, 1.165) is 22.3 Å². The number of aromatic nitrogens is 3. The first kappa shape index (κ1) is 12.1. The first-order valence-electron chi connectivity index (χ1n) is 5.70. The summed E-state index contributed by atoms with van der Waals surface area (Å²) < 4.78 is 13.9. The molecule has 96 valence electrons. The van der Waals surface area contributed by atoms with Crippen LogP contribution in [0.5, 0.6) is 0 Å². The van der Waals surface area contributed by atoms with Gasteiger partial charge < -0.3 is 5.32 Å². The van der Waals surface area contributed by atoms with Crippen molar-refractivity contribution in [2.75, 3.05) is 5.32 Å². The van der Waals surface area contributed by atoms with Crippen LogP contribution in [0.3, 0.4) is 0 Å². The van der Waals surface area contributed by atoms with Crippen LogP contribution in [0.15, 0.2) is 41.1 Å². The zero-order valence-corrected chi connectivity index (χ0v) is 11.4. The van der Waals surface area contributed by atoms with E-state index in [-0.39, 0.29) is 5.82 Å². The van der Waals surface area contributed by atoms with Gasteiger partial charge in [0.2, 0.25) is 0 Å². The van der Waals surface area contributed by atoms with Crippen molar-refractivity contribution < 1.29 is 4.39 Å². The summed E-state index contributed by atoms with van der Waals surface area (Å²) in [4.78, 5) is 4.23. The molecule has 0 fully saturated rings. The molecular formula is C13H10BrFN4. The van der Waals surface area contributed by atoms with Crippen LogP contribution in [0.4, 0.5) is 10.1 Å². The molecule has 0 aliphatic carbocycles. The van der Waals surface area contributed by atoms with Crippen molar-refractivity contribution in [3.8, 4) is 0 Å². The van der Waals surface area contributed by atoms with Gasteiger partial charge in [-0.1, -0.05) is 12.1 Å². The van der Waals surface area contributed by atoms with Gasteiger partial charge in [0.1, 0.15) is 5.82 Å². The summed E-state index contributed by atoms with van der Waals surface area (Å²) in [6.07, 6.45) is 3.43. The molecule has 0 saturated heterocycles. The van der Waals surface area contributed by atoms with Gasteiger partial charge in [-0.15, -0.1) is 0 Å². The highest BCUT2D eigenvalue weighted by molar-refractivity contribution is 9.10. The summed E-state index contributed by atoms with van der Waals surface area (Å²) in [5.41, 5.74) is 2.47. The van der Waals surface area contributed by atoms with E-state index < -0.39 is 0 Å². The third-order valence-electron chi connectivity index (χ3n) is 2.81. The Morgan fingerprint density at radius 1 is 1.32 bits per heavy atom. The molecule has 0 radical (unpaired) electrons. The van der Waals surface area contributed by atoms with Crippen LogP contribution < -0.4 is 5.32 Å². The van der Waals surface area contributed by atoms with Crippen molar-refractivity contribution in [3.05, 3.63) is 52.5 Å². The quantitative estimate of drug-likeness (QED) is 0.777. The van der Waals surface area contributed by atoms with E-state index in [1.165, 1.54) is 6.07 Å². The Morgan fingerprint density at radius 3 is 3.11 bits per heavy atom. The molecule has 0 bridgehead atoms. The van der Waals surface area contributed by atoms with Crippen molar-refractivity contribution in [2.45, 2.75) is 6.54 Å². The first-order chi connectivity index (χ1) is 9.24. The maximum atomic E-state index is 13.4. The molecule has 0 aliphatic rings. The normalized spacial score (nSPS) is 10.8. The van der Waals surface area contributed by atoms with Gasteiger partial charge in [0.05, 0.1) is 22.6 Å². The van der Waals surface area contributed by atoms with Crippen LogP contribution in [0.2, 0.25) is 0 Å². The van der Waals surface area contributed by atoms with Crippen molar-refractivity contribution >= 4 is 32.7 Å². The molecule has 6 heteroatoms. The van der Waals surface area contributed by atoms with Gasteiger partial charge in [0, 0.05) is 11.9 Å². The lowest BCUT2D eigenvalue weighted by Gasteiger charge is -2.08. The minimum atomic E-state index is -0.261. The Hall–Kier alpha value is -1.95. The number of benzene rings is 1. The predicted molar refractivity (Wildman–Crippen MR) is 75.3 cm³/mol. The number of nitrogens with one attached hydrogen (secondary N) is 2. The molecular weight excluding hydrogens is 311 g/mol.